The molecular formula is C19H18N4O3S. The predicted octanol–water partition coefficient (Wildman–Crippen LogP) is 1.98. The van der Waals surface area contributed by atoms with Gasteiger partial charge < -0.3 is 5.32 Å². The zero-order valence-corrected chi connectivity index (χ0v) is 15.4. The van der Waals surface area contributed by atoms with E-state index in [4.69, 9.17) is 0 Å². The van der Waals surface area contributed by atoms with E-state index in [1.165, 1.54) is 31.6 Å². The maximum Gasteiger partial charge on any atom is 0.254 e. The van der Waals surface area contributed by atoms with E-state index in [1.54, 1.807) is 12.1 Å². The summed E-state index contributed by atoms with van der Waals surface area (Å²) in [6.07, 6.45) is 2.96. The van der Waals surface area contributed by atoms with Crippen LogP contribution in [0.15, 0.2) is 71.9 Å². The monoisotopic (exact) mass is 382 g/mol. The van der Waals surface area contributed by atoms with Crippen molar-refractivity contribution in [2.75, 3.05) is 7.05 Å². The molecule has 0 bridgehead atoms. The summed E-state index contributed by atoms with van der Waals surface area (Å²) < 4.78 is 25.7. The van der Waals surface area contributed by atoms with Crippen LogP contribution in [0.5, 0.6) is 0 Å². The van der Waals surface area contributed by atoms with Gasteiger partial charge in [-0.2, -0.15) is 0 Å². The molecule has 1 heterocycles. The number of rotatable bonds is 6. The second-order valence-electron chi connectivity index (χ2n) is 5.70. The van der Waals surface area contributed by atoms with Gasteiger partial charge in [-0.15, -0.1) is 0 Å². The number of nitrogens with zero attached hydrogens (tertiary/aromatic N) is 2. The van der Waals surface area contributed by atoms with E-state index in [-0.39, 0.29) is 17.3 Å². The molecule has 138 valence electrons. The molecule has 0 saturated heterocycles. The van der Waals surface area contributed by atoms with Crippen LogP contribution in [0.3, 0.4) is 0 Å². The topological polar surface area (TPSA) is 101 Å². The zero-order valence-electron chi connectivity index (χ0n) is 14.6. The second-order valence-corrected chi connectivity index (χ2v) is 7.58. The summed E-state index contributed by atoms with van der Waals surface area (Å²) in [6, 6.07) is 15.8. The van der Waals surface area contributed by atoms with Crippen molar-refractivity contribution in [3.63, 3.8) is 0 Å². The lowest BCUT2D eigenvalue weighted by atomic mass is 10.2. The first kappa shape index (κ1) is 18.7. The molecule has 0 spiro atoms. The Morgan fingerprint density at radius 2 is 1.59 bits per heavy atom. The van der Waals surface area contributed by atoms with Crippen LogP contribution in [-0.2, 0) is 16.6 Å². The molecule has 2 aromatic carbocycles. The number of hydrogen-bond acceptors (Lipinski definition) is 5. The fourth-order valence-corrected chi connectivity index (χ4v) is 3.10. The first-order valence-electron chi connectivity index (χ1n) is 8.18. The minimum atomic E-state index is -3.47. The molecule has 0 fully saturated rings. The molecular weight excluding hydrogens is 364 g/mol. The van der Waals surface area contributed by atoms with Gasteiger partial charge in [-0.3, -0.25) is 4.79 Å². The summed E-state index contributed by atoms with van der Waals surface area (Å²) >= 11 is 0. The van der Waals surface area contributed by atoms with Crippen molar-refractivity contribution in [1.29, 1.82) is 0 Å². The number of aromatic nitrogens is 2. The van der Waals surface area contributed by atoms with Crippen LogP contribution >= 0.6 is 0 Å². The van der Waals surface area contributed by atoms with Crippen LogP contribution < -0.4 is 10.0 Å². The third-order valence-electron chi connectivity index (χ3n) is 3.90. The summed E-state index contributed by atoms with van der Waals surface area (Å²) in [5.41, 5.74) is 2.00. The molecule has 0 radical (unpaired) electrons. The van der Waals surface area contributed by atoms with E-state index in [1.807, 2.05) is 30.3 Å². The molecule has 2 N–H and O–H groups in total. The molecule has 27 heavy (non-hydrogen) atoms. The minimum Gasteiger partial charge on any atom is -0.348 e. The fraction of sp³-hybridized carbons (Fsp3) is 0.105. The van der Waals surface area contributed by atoms with E-state index >= 15 is 0 Å². The minimum absolute atomic E-state index is 0.171. The lowest BCUT2D eigenvalue weighted by molar-refractivity contribution is 0.0950. The second kappa shape index (κ2) is 8.07. The summed E-state index contributed by atoms with van der Waals surface area (Å²) in [4.78, 5) is 20.9. The smallest absolute Gasteiger partial charge is 0.254 e. The average molecular weight is 382 g/mol. The highest BCUT2D eigenvalue weighted by atomic mass is 32.2. The van der Waals surface area contributed by atoms with Gasteiger partial charge in [0.25, 0.3) is 5.91 Å². The van der Waals surface area contributed by atoms with Crippen molar-refractivity contribution in [2.24, 2.45) is 0 Å². The van der Waals surface area contributed by atoms with Gasteiger partial charge in [0.15, 0.2) is 5.82 Å². The molecule has 0 unspecified atom stereocenters. The Hall–Kier alpha value is -3.10. The van der Waals surface area contributed by atoms with Crippen molar-refractivity contribution in [1.82, 2.24) is 20.0 Å². The van der Waals surface area contributed by atoms with Crippen molar-refractivity contribution in [3.05, 3.63) is 78.1 Å². The van der Waals surface area contributed by atoms with Gasteiger partial charge in [0.2, 0.25) is 10.0 Å². The van der Waals surface area contributed by atoms with Gasteiger partial charge in [-0.25, -0.2) is 23.1 Å². The standard InChI is InChI=1S/C19H18N4O3S/c1-20-27(25,26)17-9-7-14(8-10-17)11-23-19(24)16-12-21-18(22-13-16)15-5-3-2-4-6-15/h2-10,12-13,20H,11H2,1H3,(H,23,24). The highest BCUT2D eigenvalue weighted by molar-refractivity contribution is 7.89. The Bertz CT molecular complexity index is 1020. The molecule has 0 aliphatic heterocycles. The van der Waals surface area contributed by atoms with Crippen LogP contribution in [0.25, 0.3) is 11.4 Å². The van der Waals surface area contributed by atoms with E-state index in [0.29, 0.717) is 11.4 Å². The largest absolute Gasteiger partial charge is 0.348 e. The molecule has 8 heteroatoms. The molecule has 3 aromatic rings. The quantitative estimate of drug-likeness (QED) is 0.679. The first-order valence-corrected chi connectivity index (χ1v) is 9.66. The molecule has 3 rings (SSSR count). The molecule has 1 aromatic heterocycles. The summed E-state index contributed by atoms with van der Waals surface area (Å²) in [7, 11) is -2.11. The van der Waals surface area contributed by atoms with Gasteiger partial charge in [0.1, 0.15) is 0 Å². The Morgan fingerprint density at radius 1 is 0.963 bits per heavy atom. The van der Waals surface area contributed by atoms with E-state index in [2.05, 4.69) is 20.0 Å². The molecule has 0 atom stereocenters. The van der Waals surface area contributed by atoms with E-state index in [0.717, 1.165) is 11.1 Å². The van der Waals surface area contributed by atoms with Gasteiger partial charge >= 0.3 is 0 Å². The predicted molar refractivity (Wildman–Crippen MR) is 101 cm³/mol. The molecule has 0 saturated carbocycles. The molecule has 0 aliphatic rings. The lowest BCUT2D eigenvalue weighted by Gasteiger charge is -2.07. The number of carbonyl (C=O) groups excluding carboxylic acids is 1. The van der Waals surface area contributed by atoms with E-state index < -0.39 is 10.0 Å². The highest BCUT2D eigenvalue weighted by Crippen LogP contribution is 2.13. The number of benzene rings is 2. The number of sulfonamides is 1. The molecule has 1 amide bonds. The van der Waals surface area contributed by atoms with Crippen molar-refractivity contribution >= 4 is 15.9 Å². The van der Waals surface area contributed by atoms with Crippen molar-refractivity contribution < 1.29 is 13.2 Å². The third kappa shape index (κ3) is 4.55. The number of amides is 1. The van der Waals surface area contributed by atoms with Crippen LogP contribution in [0, 0.1) is 0 Å². The van der Waals surface area contributed by atoms with Crippen LogP contribution in [0.1, 0.15) is 15.9 Å². The Labute approximate surface area is 157 Å². The van der Waals surface area contributed by atoms with E-state index in [9.17, 15) is 13.2 Å². The third-order valence-corrected chi connectivity index (χ3v) is 5.33. The van der Waals surface area contributed by atoms with Crippen LogP contribution in [-0.4, -0.2) is 31.3 Å². The summed E-state index contributed by atoms with van der Waals surface area (Å²) in [6.45, 7) is 0.263. The van der Waals surface area contributed by atoms with Gasteiger partial charge in [0, 0.05) is 24.5 Å². The summed E-state index contributed by atoms with van der Waals surface area (Å²) in [5.74, 6) is 0.245. The maximum absolute atomic E-state index is 12.2. The van der Waals surface area contributed by atoms with Crippen molar-refractivity contribution in [3.8, 4) is 11.4 Å². The van der Waals surface area contributed by atoms with Crippen LogP contribution in [0.2, 0.25) is 0 Å². The molecule has 0 aliphatic carbocycles. The molecule has 7 nitrogen and oxygen atoms in total. The van der Waals surface area contributed by atoms with Crippen LogP contribution in [0.4, 0.5) is 0 Å². The Kier molecular flexibility index (Phi) is 5.58. The normalized spacial score (nSPS) is 11.1. The number of carbonyl (C=O) groups is 1. The number of nitrogens with one attached hydrogen (secondary N) is 2. The Morgan fingerprint density at radius 3 is 2.19 bits per heavy atom. The Balaban J connectivity index is 1.62. The fourth-order valence-electron chi connectivity index (χ4n) is 2.37. The summed E-state index contributed by atoms with van der Waals surface area (Å²) in [5, 5.41) is 2.76. The van der Waals surface area contributed by atoms with Crippen molar-refractivity contribution in [2.45, 2.75) is 11.4 Å². The average Bonchev–Trinajstić information content (AvgIpc) is 2.73. The SMILES string of the molecule is CNS(=O)(=O)c1ccc(CNC(=O)c2cnc(-c3ccccc3)nc2)cc1. The highest BCUT2D eigenvalue weighted by Gasteiger charge is 2.11. The number of hydrogen-bond donors (Lipinski definition) is 2. The first-order chi connectivity index (χ1) is 13.0. The van der Waals surface area contributed by atoms with Gasteiger partial charge in [0.05, 0.1) is 10.5 Å². The van der Waals surface area contributed by atoms with Gasteiger partial charge in [-0.05, 0) is 24.7 Å². The van der Waals surface area contributed by atoms with Gasteiger partial charge in [-0.1, -0.05) is 42.5 Å². The zero-order chi connectivity index (χ0) is 19.3. The maximum atomic E-state index is 12.2. The lowest BCUT2D eigenvalue weighted by Crippen LogP contribution is -2.23.